The minimum absolute atomic E-state index is 0.0113. The Labute approximate surface area is 150 Å². The lowest BCUT2D eigenvalue weighted by Crippen LogP contribution is -2.08. The first-order valence-electron chi connectivity index (χ1n) is 7.63. The van der Waals surface area contributed by atoms with Crippen LogP contribution >= 0.6 is 11.6 Å². The third kappa shape index (κ3) is 4.61. The average molecular weight is 358 g/mol. The van der Waals surface area contributed by atoms with E-state index in [1.807, 2.05) is 24.3 Å². The van der Waals surface area contributed by atoms with Crippen molar-refractivity contribution in [2.75, 3.05) is 7.11 Å². The zero-order chi connectivity index (χ0) is 17.6. The molecule has 0 atom stereocenters. The fourth-order valence-corrected chi connectivity index (χ4v) is 2.35. The predicted octanol–water partition coefficient (Wildman–Crippen LogP) is 4.29. The highest BCUT2D eigenvalue weighted by Gasteiger charge is 2.10. The number of nitrogens with zero attached hydrogens (tertiary/aromatic N) is 1. The van der Waals surface area contributed by atoms with Crippen molar-refractivity contribution in [2.45, 2.75) is 13.0 Å². The lowest BCUT2D eigenvalue weighted by Gasteiger charge is -2.04. The van der Waals surface area contributed by atoms with E-state index in [0.29, 0.717) is 16.7 Å². The maximum atomic E-state index is 11.9. The zero-order valence-corrected chi connectivity index (χ0v) is 14.3. The molecule has 0 N–H and O–H groups in total. The molecule has 128 valence electrons. The molecule has 0 fully saturated rings. The molecule has 0 aliphatic carbocycles. The Bertz CT molecular complexity index is 841. The van der Waals surface area contributed by atoms with E-state index in [1.165, 1.54) is 0 Å². The van der Waals surface area contributed by atoms with E-state index in [-0.39, 0.29) is 19.0 Å². The average Bonchev–Trinajstić information content (AvgIpc) is 3.10. The Kier molecular flexibility index (Phi) is 5.36. The van der Waals surface area contributed by atoms with Crippen molar-refractivity contribution < 1.29 is 18.7 Å². The van der Waals surface area contributed by atoms with Crippen LogP contribution in [0.15, 0.2) is 59.1 Å². The van der Waals surface area contributed by atoms with Gasteiger partial charge in [0.2, 0.25) is 5.89 Å². The number of benzene rings is 2. The van der Waals surface area contributed by atoms with Crippen molar-refractivity contribution in [3.8, 4) is 17.1 Å². The topological polar surface area (TPSA) is 61.6 Å². The molecule has 1 heterocycles. The molecule has 0 aliphatic heterocycles. The van der Waals surface area contributed by atoms with Gasteiger partial charge in [-0.1, -0.05) is 23.7 Å². The van der Waals surface area contributed by atoms with E-state index in [4.69, 9.17) is 25.5 Å². The molecular weight excluding hydrogens is 342 g/mol. The molecule has 0 bridgehead atoms. The molecule has 1 aromatic heterocycles. The van der Waals surface area contributed by atoms with Crippen LogP contribution < -0.4 is 4.74 Å². The molecule has 0 amide bonds. The standard InChI is InChI=1S/C19H16ClNO4/c1-23-16-8-2-13(3-9-16)10-19(22)24-12-18-21-11-17(25-18)14-4-6-15(20)7-5-14/h2-9,11H,10,12H2,1H3. The molecule has 0 saturated carbocycles. The van der Waals surface area contributed by atoms with E-state index in [0.717, 1.165) is 16.9 Å². The summed E-state index contributed by atoms with van der Waals surface area (Å²) in [5, 5.41) is 0.649. The van der Waals surface area contributed by atoms with Gasteiger partial charge >= 0.3 is 5.97 Å². The maximum absolute atomic E-state index is 11.9. The Balaban J connectivity index is 1.54. The molecule has 3 rings (SSSR count). The smallest absolute Gasteiger partial charge is 0.310 e. The van der Waals surface area contributed by atoms with Crippen LogP contribution in [0.5, 0.6) is 5.75 Å². The molecule has 5 nitrogen and oxygen atoms in total. The summed E-state index contributed by atoms with van der Waals surface area (Å²) in [5.41, 5.74) is 1.70. The normalized spacial score (nSPS) is 10.5. The Hall–Kier alpha value is -2.79. The fourth-order valence-electron chi connectivity index (χ4n) is 2.23. The van der Waals surface area contributed by atoms with E-state index in [1.54, 1.807) is 37.6 Å². The highest BCUT2D eigenvalue weighted by Crippen LogP contribution is 2.22. The largest absolute Gasteiger partial charge is 0.497 e. The first-order chi connectivity index (χ1) is 12.1. The first-order valence-corrected chi connectivity index (χ1v) is 8.01. The molecule has 0 unspecified atom stereocenters. The number of ether oxygens (including phenoxy) is 2. The SMILES string of the molecule is COc1ccc(CC(=O)OCc2ncc(-c3ccc(Cl)cc3)o2)cc1. The second-order valence-electron chi connectivity index (χ2n) is 5.31. The number of esters is 1. The third-order valence-corrected chi connectivity index (χ3v) is 3.80. The second kappa shape index (κ2) is 7.85. The number of hydrogen-bond donors (Lipinski definition) is 0. The van der Waals surface area contributed by atoms with Crippen LogP contribution in [0.1, 0.15) is 11.5 Å². The van der Waals surface area contributed by atoms with Gasteiger partial charge in [0.15, 0.2) is 12.4 Å². The summed E-state index contributed by atoms with van der Waals surface area (Å²) < 4.78 is 15.9. The summed E-state index contributed by atoms with van der Waals surface area (Å²) in [7, 11) is 1.60. The number of hydrogen-bond acceptors (Lipinski definition) is 5. The van der Waals surface area contributed by atoms with Gasteiger partial charge in [-0.25, -0.2) is 4.98 Å². The van der Waals surface area contributed by atoms with Gasteiger partial charge in [-0.2, -0.15) is 0 Å². The van der Waals surface area contributed by atoms with Crippen LogP contribution in [-0.4, -0.2) is 18.1 Å². The van der Waals surface area contributed by atoms with Crippen molar-refractivity contribution in [1.29, 1.82) is 0 Å². The number of aromatic nitrogens is 1. The highest BCUT2D eigenvalue weighted by molar-refractivity contribution is 6.30. The van der Waals surface area contributed by atoms with Crippen LogP contribution in [0.25, 0.3) is 11.3 Å². The molecule has 0 aliphatic rings. The number of rotatable bonds is 6. The van der Waals surface area contributed by atoms with Gasteiger partial charge in [0, 0.05) is 10.6 Å². The molecule has 0 radical (unpaired) electrons. The zero-order valence-electron chi connectivity index (χ0n) is 13.6. The van der Waals surface area contributed by atoms with Crippen LogP contribution in [0.3, 0.4) is 0 Å². The minimum atomic E-state index is -0.351. The number of carbonyl (C=O) groups excluding carboxylic acids is 1. The molecule has 0 spiro atoms. The Morgan fingerprint density at radius 2 is 1.84 bits per heavy atom. The van der Waals surface area contributed by atoms with Crippen molar-refractivity contribution in [3.05, 3.63) is 71.2 Å². The summed E-state index contributed by atoms with van der Waals surface area (Å²) >= 11 is 5.86. The molecule has 2 aromatic carbocycles. The van der Waals surface area contributed by atoms with Gasteiger partial charge in [0.1, 0.15) is 5.75 Å². The van der Waals surface area contributed by atoms with Crippen molar-refractivity contribution in [1.82, 2.24) is 4.98 Å². The number of methoxy groups -OCH3 is 1. The van der Waals surface area contributed by atoms with E-state index in [2.05, 4.69) is 4.98 Å². The van der Waals surface area contributed by atoms with E-state index < -0.39 is 0 Å². The van der Waals surface area contributed by atoms with Crippen LogP contribution in [0.2, 0.25) is 5.02 Å². The third-order valence-electron chi connectivity index (χ3n) is 3.55. The lowest BCUT2D eigenvalue weighted by molar-refractivity contribution is -0.144. The Morgan fingerprint density at radius 1 is 1.12 bits per heavy atom. The number of halogens is 1. The van der Waals surface area contributed by atoms with Gasteiger partial charge in [-0.3, -0.25) is 4.79 Å². The van der Waals surface area contributed by atoms with Crippen molar-refractivity contribution in [2.24, 2.45) is 0 Å². The quantitative estimate of drug-likeness (QED) is 0.616. The van der Waals surface area contributed by atoms with Crippen molar-refractivity contribution >= 4 is 17.6 Å². The molecule has 6 heteroatoms. The van der Waals surface area contributed by atoms with E-state index in [9.17, 15) is 4.79 Å². The lowest BCUT2D eigenvalue weighted by atomic mass is 10.1. The number of oxazole rings is 1. The summed E-state index contributed by atoms with van der Waals surface area (Å²) in [4.78, 5) is 16.0. The first kappa shape index (κ1) is 17.0. The molecular formula is C19H16ClNO4. The van der Waals surface area contributed by atoms with Gasteiger partial charge in [0.05, 0.1) is 19.7 Å². The predicted molar refractivity (Wildman–Crippen MR) is 93.4 cm³/mol. The minimum Gasteiger partial charge on any atom is -0.497 e. The Morgan fingerprint density at radius 3 is 2.52 bits per heavy atom. The molecule has 25 heavy (non-hydrogen) atoms. The number of carbonyl (C=O) groups is 1. The highest BCUT2D eigenvalue weighted by atomic mass is 35.5. The van der Waals surface area contributed by atoms with Crippen LogP contribution in [0, 0.1) is 0 Å². The molecule has 3 aromatic rings. The van der Waals surface area contributed by atoms with Gasteiger partial charge in [0.25, 0.3) is 0 Å². The monoisotopic (exact) mass is 357 g/mol. The summed E-state index contributed by atoms with van der Waals surface area (Å²) in [6, 6.07) is 14.5. The van der Waals surface area contributed by atoms with Gasteiger partial charge in [-0.15, -0.1) is 0 Å². The summed E-state index contributed by atoms with van der Waals surface area (Å²) in [5.74, 6) is 1.33. The second-order valence-corrected chi connectivity index (χ2v) is 5.75. The van der Waals surface area contributed by atoms with Gasteiger partial charge < -0.3 is 13.9 Å². The summed E-state index contributed by atoms with van der Waals surface area (Å²) in [6.07, 6.45) is 1.77. The van der Waals surface area contributed by atoms with Crippen LogP contribution in [-0.2, 0) is 22.6 Å². The van der Waals surface area contributed by atoms with Crippen molar-refractivity contribution in [3.63, 3.8) is 0 Å². The van der Waals surface area contributed by atoms with Crippen LogP contribution in [0.4, 0.5) is 0 Å². The summed E-state index contributed by atoms with van der Waals surface area (Å²) in [6.45, 7) is -0.0113. The maximum Gasteiger partial charge on any atom is 0.310 e. The van der Waals surface area contributed by atoms with E-state index >= 15 is 0 Å². The molecule has 0 saturated heterocycles. The fraction of sp³-hybridized carbons (Fsp3) is 0.158. The van der Waals surface area contributed by atoms with Gasteiger partial charge in [-0.05, 0) is 42.0 Å².